The Hall–Kier alpha value is -1.69. The second-order valence-electron chi connectivity index (χ2n) is 3.98. The van der Waals surface area contributed by atoms with E-state index in [1.165, 1.54) is 6.07 Å². The van der Waals surface area contributed by atoms with Crippen LogP contribution in [0.3, 0.4) is 0 Å². The van der Waals surface area contributed by atoms with Gasteiger partial charge in [-0.25, -0.2) is 0 Å². The van der Waals surface area contributed by atoms with Gasteiger partial charge in [-0.05, 0) is 19.5 Å². The molecule has 0 aromatic heterocycles. The number of halogens is 2. The molecule has 0 fully saturated rings. The van der Waals surface area contributed by atoms with Crippen molar-refractivity contribution in [2.24, 2.45) is 0 Å². The quantitative estimate of drug-likeness (QED) is 0.799. The topological polar surface area (TPSA) is 50.4 Å². The largest absolute Gasteiger partial charge is 0.434 e. The van der Waals surface area contributed by atoms with E-state index in [1.54, 1.807) is 25.2 Å². The Labute approximate surface area is 111 Å². The summed E-state index contributed by atoms with van der Waals surface area (Å²) in [5.41, 5.74) is 0.551. The standard InChI is InChI=1S/C13H18F2N2O2/c1-3-10(17-12(18)8-16-2)9-6-4-5-7-11(9)19-13(14)15/h4-7,10,13,16H,3,8H2,1-2H3,(H,17,18). The number of alkyl halides is 2. The Balaban J connectivity index is 2.88. The third-order valence-corrected chi connectivity index (χ3v) is 2.59. The molecule has 0 radical (unpaired) electrons. The van der Waals surface area contributed by atoms with Crippen LogP contribution in [0.1, 0.15) is 24.9 Å². The van der Waals surface area contributed by atoms with E-state index >= 15 is 0 Å². The first kappa shape index (κ1) is 15.4. The number of hydrogen-bond donors (Lipinski definition) is 2. The van der Waals surface area contributed by atoms with Crippen molar-refractivity contribution in [3.63, 3.8) is 0 Å². The van der Waals surface area contributed by atoms with E-state index in [9.17, 15) is 13.6 Å². The van der Waals surface area contributed by atoms with E-state index in [2.05, 4.69) is 15.4 Å². The zero-order valence-electron chi connectivity index (χ0n) is 11.0. The second-order valence-corrected chi connectivity index (χ2v) is 3.98. The monoisotopic (exact) mass is 272 g/mol. The molecule has 0 aliphatic heterocycles. The molecule has 0 saturated heterocycles. The Kier molecular flexibility index (Phi) is 6.21. The lowest BCUT2D eigenvalue weighted by atomic mass is 10.0. The first-order chi connectivity index (χ1) is 9.08. The highest BCUT2D eigenvalue weighted by atomic mass is 19.3. The third kappa shape index (κ3) is 4.82. The van der Waals surface area contributed by atoms with Crippen LogP contribution >= 0.6 is 0 Å². The lowest BCUT2D eigenvalue weighted by molar-refractivity contribution is -0.120. The van der Waals surface area contributed by atoms with E-state index in [-0.39, 0.29) is 24.2 Å². The molecule has 0 heterocycles. The highest BCUT2D eigenvalue weighted by Crippen LogP contribution is 2.28. The zero-order valence-corrected chi connectivity index (χ0v) is 11.0. The van der Waals surface area contributed by atoms with Crippen molar-refractivity contribution in [1.82, 2.24) is 10.6 Å². The van der Waals surface area contributed by atoms with E-state index in [0.29, 0.717) is 12.0 Å². The molecule has 0 saturated carbocycles. The molecule has 6 heteroatoms. The average Bonchev–Trinajstić information content (AvgIpc) is 2.36. The average molecular weight is 272 g/mol. The molecular weight excluding hydrogens is 254 g/mol. The van der Waals surface area contributed by atoms with Crippen molar-refractivity contribution in [3.8, 4) is 5.75 Å². The molecule has 1 rings (SSSR count). The van der Waals surface area contributed by atoms with Gasteiger partial charge in [-0.1, -0.05) is 25.1 Å². The van der Waals surface area contributed by atoms with Crippen LogP contribution in [0.2, 0.25) is 0 Å². The summed E-state index contributed by atoms with van der Waals surface area (Å²) in [5.74, 6) is -0.102. The van der Waals surface area contributed by atoms with Gasteiger partial charge in [0.25, 0.3) is 0 Å². The van der Waals surface area contributed by atoms with Crippen molar-refractivity contribution in [2.75, 3.05) is 13.6 Å². The van der Waals surface area contributed by atoms with Crippen LogP contribution in [0.25, 0.3) is 0 Å². The van der Waals surface area contributed by atoms with Crippen LogP contribution in [-0.4, -0.2) is 26.1 Å². The minimum atomic E-state index is -2.88. The molecule has 106 valence electrons. The van der Waals surface area contributed by atoms with Gasteiger partial charge >= 0.3 is 6.61 Å². The highest BCUT2D eigenvalue weighted by molar-refractivity contribution is 5.78. The molecule has 0 aliphatic carbocycles. The van der Waals surface area contributed by atoms with E-state index in [1.807, 2.05) is 6.92 Å². The number of rotatable bonds is 7. The number of nitrogens with one attached hydrogen (secondary N) is 2. The molecule has 1 amide bonds. The molecule has 4 nitrogen and oxygen atoms in total. The number of amides is 1. The van der Waals surface area contributed by atoms with E-state index in [4.69, 9.17) is 0 Å². The predicted molar refractivity (Wildman–Crippen MR) is 68.2 cm³/mol. The number of para-hydroxylation sites is 1. The van der Waals surface area contributed by atoms with Gasteiger partial charge in [-0.2, -0.15) is 8.78 Å². The van der Waals surface area contributed by atoms with E-state index < -0.39 is 6.61 Å². The first-order valence-electron chi connectivity index (χ1n) is 6.06. The molecule has 19 heavy (non-hydrogen) atoms. The summed E-state index contributed by atoms with van der Waals surface area (Å²) in [4.78, 5) is 11.6. The molecule has 1 unspecified atom stereocenters. The third-order valence-electron chi connectivity index (χ3n) is 2.59. The molecule has 0 spiro atoms. The van der Waals surface area contributed by atoms with Crippen molar-refractivity contribution in [2.45, 2.75) is 26.0 Å². The molecule has 0 bridgehead atoms. The van der Waals surface area contributed by atoms with Gasteiger partial charge in [0.05, 0.1) is 12.6 Å². The number of likely N-dealkylation sites (N-methyl/N-ethyl adjacent to an activating group) is 1. The lowest BCUT2D eigenvalue weighted by Crippen LogP contribution is -2.35. The zero-order chi connectivity index (χ0) is 14.3. The Bertz CT molecular complexity index is 413. The SMILES string of the molecule is CCC(NC(=O)CNC)c1ccccc1OC(F)F. The summed E-state index contributed by atoms with van der Waals surface area (Å²) in [6, 6.07) is 6.12. The summed E-state index contributed by atoms with van der Waals surface area (Å²) in [5, 5.41) is 5.50. The van der Waals surface area contributed by atoms with Gasteiger partial charge in [0.15, 0.2) is 0 Å². The van der Waals surface area contributed by atoms with Crippen LogP contribution in [0.5, 0.6) is 5.75 Å². The van der Waals surface area contributed by atoms with Crippen molar-refractivity contribution in [3.05, 3.63) is 29.8 Å². The Morgan fingerprint density at radius 3 is 2.63 bits per heavy atom. The Morgan fingerprint density at radius 1 is 1.37 bits per heavy atom. The summed E-state index contributed by atoms with van der Waals surface area (Å²) >= 11 is 0. The maximum atomic E-state index is 12.3. The van der Waals surface area contributed by atoms with E-state index in [0.717, 1.165) is 0 Å². The van der Waals surface area contributed by atoms with Crippen LogP contribution in [0, 0.1) is 0 Å². The lowest BCUT2D eigenvalue weighted by Gasteiger charge is -2.20. The molecule has 1 aromatic carbocycles. The maximum Gasteiger partial charge on any atom is 0.387 e. The van der Waals surface area contributed by atoms with Gasteiger partial charge in [0.1, 0.15) is 5.75 Å². The fraction of sp³-hybridized carbons (Fsp3) is 0.462. The maximum absolute atomic E-state index is 12.3. The van der Waals surface area contributed by atoms with Crippen LogP contribution in [0.4, 0.5) is 8.78 Å². The van der Waals surface area contributed by atoms with Crippen LogP contribution in [0.15, 0.2) is 24.3 Å². The summed E-state index contributed by atoms with van der Waals surface area (Å²) < 4.78 is 29.1. The number of ether oxygens (including phenoxy) is 1. The summed E-state index contributed by atoms with van der Waals surface area (Å²) in [6.45, 7) is -0.843. The van der Waals surface area contributed by atoms with Gasteiger partial charge < -0.3 is 15.4 Å². The number of carbonyl (C=O) groups is 1. The van der Waals surface area contributed by atoms with Gasteiger partial charge in [-0.3, -0.25) is 4.79 Å². The summed E-state index contributed by atoms with van der Waals surface area (Å²) in [6.07, 6.45) is 0.582. The van der Waals surface area contributed by atoms with Crippen molar-refractivity contribution in [1.29, 1.82) is 0 Å². The number of hydrogen-bond acceptors (Lipinski definition) is 3. The minimum Gasteiger partial charge on any atom is -0.434 e. The van der Waals surface area contributed by atoms with Crippen molar-refractivity contribution >= 4 is 5.91 Å². The van der Waals surface area contributed by atoms with Crippen molar-refractivity contribution < 1.29 is 18.3 Å². The van der Waals surface area contributed by atoms with Gasteiger partial charge in [-0.15, -0.1) is 0 Å². The predicted octanol–water partition coefficient (Wildman–Crippen LogP) is 2.07. The molecule has 1 aromatic rings. The fourth-order valence-electron chi connectivity index (χ4n) is 1.78. The van der Waals surface area contributed by atoms with Crippen LogP contribution in [-0.2, 0) is 4.79 Å². The second kappa shape index (κ2) is 7.68. The fourth-order valence-corrected chi connectivity index (χ4v) is 1.78. The molecule has 0 aliphatic rings. The van der Waals surface area contributed by atoms with Crippen LogP contribution < -0.4 is 15.4 Å². The highest BCUT2D eigenvalue weighted by Gasteiger charge is 2.18. The Morgan fingerprint density at radius 2 is 2.05 bits per heavy atom. The molecule has 2 N–H and O–H groups in total. The number of benzene rings is 1. The molecular formula is C13H18F2N2O2. The smallest absolute Gasteiger partial charge is 0.387 e. The number of carbonyl (C=O) groups excluding carboxylic acids is 1. The van der Waals surface area contributed by atoms with Gasteiger partial charge in [0, 0.05) is 5.56 Å². The summed E-state index contributed by atoms with van der Waals surface area (Å²) in [7, 11) is 1.66. The molecule has 1 atom stereocenters. The first-order valence-corrected chi connectivity index (χ1v) is 6.06. The normalized spacial score (nSPS) is 12.3. The van der Waals surface area contributed by atoms with Gasteiger partial charge in [0.2, 0.25) is 5.91 Å². The minimum absolute atomic E-state index is 0.0918.